The molecular formula is C16H22N2O2. The highest BCUT2D eigenvalue weighted by Gasteiger charge is 2.09. The molecule has 0 aliphatic heterocycles. The van der Waals surface area contributed by atoms with E-state index in [4.69, 9.17) is 4.74 Å². The van der Waals surface area contributed by atoms with Gasteiger partial charge in [0, 0.05) is 13.1 Å². The Morgan fingerprint density at radius 1 is 1.30 bits per heavy atom. The molecule has 0 radical (unpaired) electrons. The van der Waals surface area contributed by atoms with Crippen molar-refractivity contribution in [2.75, 3.05) is 19.8 Å². The summed E-state index contributed by atoms with van der Waals surface area (Å²) in [6.07, 6.45) is 4.25. The lowest BCUT2D eigenvalue weighted by Crippen LogP contribution is -2.41. The molecule has 1 aromatic rings. The molecule has 0 saturated heterocycles. The normalized spacial score (nSPS) is 9.65. The number of benzene rings is 1. The van der Waals surface area contributed by atoms with Crippen molar-refractivity contribution in [2.45, 2.75) is 13.3 Å². The molecule has 0 spiro atoms. The summed E-state index contributed by atoms with van der Waals surface area (Å²) in [5.41, 5.74) is 1.12. The number of amides is 2. The van der Waals surface area contributed by atoms with Crippen LogP contribution in [0.3, 0.4) is 0 Å². The summed E-state index contributed by atoms with van der Waals surface area (Å²) >= 11 is 0. The molecule has 20 heavy (non-hydrogen) atoms. The first-order valence-corrected chi connectivity index (χ1v) is 6.68. The summed E-state index contributed by atoms with van der Waals surface area (Å²) in [4.78, 5) is 13.5. The lowest BCUT2D eigenvalue weighted by molar-refractivity contribution is 0.193. The van der Waals surface area contributed by atoms with Gasteiger partial charge in [0.05, 0.1) is 0 Å². The van der Waals surface area contributed by atoms with Crippen molar-refractivity contribution in [1.29, 1.82) is 0 Å². The molecule has 1 rings (SSSR count). The summed E-state index contributed by atoms with van der Waals surface area (Å²) in [5.74, 6) is 0.800. The first-order valence-electron chi connectivity index (χ1n) is 6.68. The van der Waals surface area contributed by atoms with Gasteiger partial charge in [-0.25, -0.2) is 4.79 Å². The summed E-state index contributed by atoms with van der Waals surface area (Å²) in [6, 6.07) is 7.60. The number of nitrogens with one attached hydrogen (secondary N) is 1. The number of hydrogen-bond donors (Lipinski definition) is 1. The van der Waals surface area contributed by atoms with E-state index in [0.29, 0.717) is 13.1 Å². The van der Waals surface area contributed by atoms with Crippen molar-refractivity contribution in [1.82, 2.24) is 10.2 Å². The lowest BCUT2D eigenvalue weighted by atomic mass is 10.1. The molecular weight excluding hydrogens is 252 g/mol. The highest BCUT2D eigenvalue weighted by molar-refractivity contribution is 5.74. The second kappa shape index (κ2) is 8.80. The maximum Gasteiger partial charge on any atom is 0.320 e. The van der Waals surface area contributed by atoms with Crippen LogP contribution in [0.5, 0.6) is 5.75 Å². The van der Waals surface area contributed by atoms with Crippen LogP contribution in [0.2, 0.25) is 0 Å². The minimum Gasteiger partial charge on any atom is -0.473 e. The van der Waals surface area contributed by atoms with Crippen LogP contribution in [-0.2, 0) is 6.42 Å². The number of aryl methyl sites for hydroxylation is 1. The molecule has 0 aromatic heterocycles. The van der Waals surface area contributed by atoms with E-state index in [9.17, 15) is 4.79 Å². The predicted molar refractivity (Wildman–Crippen MR) is 81.8 cm³/mol. The van der Waals surface area contributed by atoms with Crippen LogP contribution in [-0.4, -0.2) is 30.8 Å². The quantitative estimate of drug-likeness (QED) is 0.585. The maximum absolute atomic E-state index is 11.9. The van der Waals surface area contributed by atoms with E-state index in [1.807, 2.05) is 24.3 Å². The molecule has 0 bridgehead atoms. The topological polar surface area (TPSA) is 41.6 Å². The second-order valence-electron chi connectivity index (χ2n) is 4.21. The smallest absolute Gasteiger partial charge is 0.320 e. The second-order valence-corrected chi connectivity index (χ2v) is 4.21. The number of nitrogens with zero attached hydrogens (tertiary/aromatic N) is 1. The van der Waals surface area contributed by atoms with Gasteiger partial charge in [0.25, 0.3) is 0 Å². The molecule has 0 saturated carbocycles. The molecule has 0 atom stereocenters. The Hall–Kier alpha value is -2.23. The van der Waals surface area contributed by atoms with Crippen LogP contribution in [0.1, 0.15) is 12.5 Å². The van der Waals surface area contributed by atoms with Gasteiger partial charge in [-0.1, -0.05) is 37.3 Å². The minimum absolute atomic E-state index is 0.140. The molecule has 1 N–H and O–H groups in total. The standard InChI is InChI=1S/C16H22N2O2/c1-4-11-18(12-5-2)16(19)17-13-20-15-10-8-7-9-14(15)6-3/h4-5,7-10H,1-2,6,11-13H2,3H3,(H,17,19). The number of ether oxygens (including phenoxy) is 1. The van der Waals surface area contributed by atoms with Gasteiger partial charge in [-0.3, -0.25) is 0 Å². The molecule has 4 heteroatoms. The molecule has 0 fully saturated rings. The number of rotatable bonds is 8. The van der Waals surface area contributed by atoms with Crippen molar-refractivity contribution in [3.05, 3.63) is 55.1 Å². The highest BCUT2D eigenvalue weighted by atomic mass is 16.5. The third-order valence-electron chi connectivity index (χ3n) is 2.79. The molecule has 0 heterocycles. The molecule has 4 nitrogen and oxygen atoms in total. The van der Waals surface area contributed by atoms with Crippen LogP contribution in [0.25, 0.3) is 0 Å². The Bertz CT molecular complexity index is 448. The van der Waals surface area contributed by atoms with E-state index in [1.165, 1.54) is 0 Å². The van der Waals surface area contributed by atoms with E-state index in [0.717, 1.165) is 17.7 Å². The van der Waals surface area contributed by atoms with Crippen molar-refractivity contribution in [3.8, 4) is 5.75 Å². The molecule has 0 unspecified atom stereocenters. The predicted octanol–water partition coefficient (Wildman–Crippen LogP) is 2.97. The number of carbonyl (C=O) groups excluding carboxylic acids is 1. The number of urea groups is 1. The monoisotopic (exact) mass is 274 g/mol. The molecule has 2 amide bonds. The fourth-order valence-corrected chi connectivity index (χ4v) is 1.78. The van der Waals surface area contributed by atoms with Crippen molar-refractivity contribution < 1.29 is 9.53 Å². The Morgan fingerprint density at radius 2 is 1.95 bits per heavy atom. The van der Waals surface area contributed by atoms with Gasteiger partial charge in [0.2, 0.25) is 0 Å². The van der Waals surface area contributed by atoms with Crippen LogP contribution in [0.4, 0.5) is 4.79 Å². The Labute approximate surface area is 120 Å². The van der Waals surface area contributed by atoms with Crippen LogP contribution in [0.15, 0.2) is 49.6 Å². The van der Waals surface area contributed by atoms with Crippen LogP contribution < -0.4 is 10.1 Å². The van der Waals surface area contributed by atoms with Crippen molar-refractivity contribution in [3.63, 3.8) is 0 Å². The molecule has 1 aromatic carbocycles. The van der Waals surface area contributed by atoms with Gasteiger partial charge < -0.3 is 15.0 Å². The van der Waals surface area contributed by atoms with E-state index in [-0.39, 0.29) is 12.8 Å². The third kappa shape index (κ3) is 4.80. The van der Waals surface area contributed by atoms with Crippen LogP contribution in [0, 0.1) is 0 Å². The average molecular weight is 274 g/mol. The maximum atomic E-state index is 11.9. The fourth-order valence-electron chi connectivity index (χ4n) is 1.78. The fraction of sp³-hybridized carbons (Fsp3) is 0.312. The molecule has 108 valence electrons. The minimum atomic E-state index is -0.196. The van der Waals surface area contributed by atoms with Gasteiger partial charge in [0.1, 0.15) is 5.75 Å². The Morgan fingerprint density at radius 3 is 2.55 bits per heavy atom. The SMILES string of the molecule is C=CCN(CC=C)C(=O)NCOc1ccccc1CC. The van der Waals surface area contributed by atoms with Gasteiger partial charge in [0.15, 0.2) is 6.73 Å². The van der Waals surface area contributed by atoms with Gasteiger partial charge in [-0.05, 0) is 18.1 Å². The summed E-state index contributed by atoms with van der Waals surface area (Å²) in [6.45, 7) is 10.4. The van der Waals surface area contributed by atoms with E-state index < -0.39 is 0 Å². The summed E-state index contributed by atoms with van der Waals surface area (Å²) in [5, 5.41) is 2.72. The van der Waals surface area contributed by atoms with Gasteiger partial charge >= 0.3 is 6.03 Å². The number of hydrogen-bond acceptors (Lipinski definition) is 2. The third-order valence-corrected chi connectivity index (χ3v) is 2.79. The zero-order chi connectivity index (χ0) is 14.8. The van der Waals surface area contributed by atoms with Crippen LogP contribution >= 0.6 is 0 Å². The van der Waals surface area contributed by atoms with Gasteiger partial charge in [-0.2, -0.15) is 0 Å². The van der Waals surface area contributed by atoms with E-state index >= 15 is 0 Å². The Kier molecular flexibility index (Phi) is 6.96. The van der Waals surface area contributed by atoms with Crippen molar-refractivity contribution >= 4 is 6.03 Å². The first kappa shape index (κ1) is 15.8. The number of para-hydroxylation sites is 1. The molecule has 0 aliphatic rings. The van der Waals surface area contributed by atoms with Crippen molar-refractivity contribution in [2.24, 2.45) is 0 Å². The summed E-state index contributed by atoms with van der Waals surface area (Å²) < 4.78 is 5.59. The van der Waals surface area contributed by atoms with E-state index in [1.54, 1.807) is 17.1 Å². The zero-order valence-corrected chi connectivity index (χ0v) is 12.0. The molecule has 0 aliphatic carbocycles. The zero-order valence-electron chi connectivity index (χ0n) is 12.0. The summed E-state index contributed by atoms with van der Waals surface area (Å²) in [7, 11) is 0. The highest BCUT2D eigenvalue weighted by Crippen LogP contribution is 2.17. The average Bonchev–Trinajstić information content (AvgIpc) is 2.47. The number of carbonyl (C=O) groups is 1. The van der Waals surface area contributed by atoms with E-state index in [2.05, 4.69) is 25.4 Å². The lowest BCUT2D eigenvalue weighted by Gasteiger charge is -2.20. The first-order chi connectivity index (χ1) is 9.72. The van der Waals surface area contributed by atoms with Gasteiger partial charge in [-0.15, -0.1) is 13.2 Å². The largest absolute Gasteiger partial charge is 0.473 e. The Balaban J connectivity index is 2.48.